The molecule has 0 aliphatic rings. The zero-order valence-corrected chi connectivity index (χ0v) is 14.6. The Morgan fingerprint density at radius 3 is 2.00 bits per heavy atom. The van der Waals surface area contributed by atoms with Gasteiger partial charge in [0.05, 0.1) is 42.5 Å². The van der Waals surface area contributed by atoms with Crippen molar-refractivity contribution in [3.8, 4) is 17.2 Å². The first-order chi connectivity index (χ1) is 11.0. The molecular formula is C16H15Cl2NO4. The first-order valence-electron chi connectivity index (χ1n) is 6.59. The highest BCUT2D eigenvalue weighted by Gasteiger charge is 2.27. The topological polar surface area (TPSA) is 57.7 Å². The molecule has 122 valence electrons. The average molecular weight is 356 g/mol. The number of carbonyl (C=O) groups excluding carboxylic acids is 1. The number of hydrogen-bond donors (Lipinski definition) is 0. The summed E-state index contributed by atoms with van der Waals surface area (Å²) in [6, 6.07) is 1.69. The molecule has 1 aromatic heterocycles. The maximum Gasteiger partial charge on any atom is 0.204 e. The van der Waals surface area contributed by atoms with Crippen molar-refractivity contribution in [3.63, 3.8) is 0 Å². The molecule has 7 heteroatoms. The van der Waals surface area contributed by atoms with Gasteiger partial charge in [0.25, 0.3) is 0 Å². The molecule has 0 N–H and O–H groups in total. The van der Waals surface area contributed by atoms with E-state index in [-0.39, 0.29) is 27.1 Å². The minimum atomic E-state index is -0.377. The van der Waals surface area contributed by atoms with Crippen LogP contribution in [0.3, 0.4) is 0 Å². The first kappa shape index (κ1) is 17.4. The van der Waals surface area contributed by atoms with Gasteiger partial charge < -0.3 is 14.2 Å². The summed E-state index contributed by atoms with van der Waals surface area (Å²) in [5.74, 6) is 0.673. The standard InChI is InChI=1S/C16H15Cl2NO4/c1-8-5-11(21-2)15(22-3)16(23-4)12(8)14(20)13-9(17)6-19-7-10(13)18/h5-7H,1-4H3. The largest absolute Gasteiger partial charge is 0.493 e. The molecule has 0 radical (unpaired) electrons. The molecule has 0 amide bonds. The lowest BCUT2D eigenvalue weighted by Crippen LogP contribution is -2.10. The van der Waals surface area contributed by atoms with Crippen LogP contribution in [0.15, 0.2) is 18.5 Å². The lowest BCUT2D eigenvalue weighted by atomic mass is 9.97. The quantitative estimate of drug-likeness (QED) is 0.760. The van der Waals surface area contributed by atoms with Crippen molar-refractivity contribution >= 4 is 29.0 Å². The molecule has 0 spiro atoms. The van der Waals surface area contributed by atoms with Crippen molar-refractivity contribution in [1.29, 1.82) is 0 Å². The highest BCUT2D eigenvalue weighted by Crippen LogP contribution is 2.43. The summed E-state index contributed by atoms with van der Waals surface area (Å²) in [6.45, 7) is 1.76. The molecule has 0 aliphatic carbocycles. The van der Waals surface area contributed by atoms with Crippen molar-refractivity contribution in [1.82, 2.24) is 4.98 Å². The summed E-state index contributed by atoms with van der Waals surface area (Å²) < 4.78 is 16.0. The van der Waals surface area contributed by atoms with Crippen LogP contribution in [-0.4, -0.2) is 32.1 Å². The fourth-order valence-corrected chi connectivity index (χ4v) is 2.85. The second kappa shape index (κ2) is 7.06. The number of halogens is 2. The van der Waals surface area contributed by atoms with E-state index in [0.717, 1.165) is 0 Å². The van der Waals surface area contributed by atoms with Gasteiger partial charge in [0, 0.05) is 12.4 Å². The van der Waals surface area contributed by atoms with Crippen LogP contribution < -0.4 is 14.2 Å². The van der Waals surface area contributed by atoms with Crippen molar-refractivity contribution in [2.75, 3.05) is 21.3 Å². The van der Waals surface area contributed by atoms with E-state index < -0.39 is 0 Å². The molecule has 23 heavy (non-hydrogen) atoms. The van der Waals surface area contributed by atoms with E-state index >= 15 is 0 Å². The van der Waals surface area contributed by atoms with Gasteiger partial charge in [0.2, 0.25) is 5.75 Å². The Bertz CT molecular complexity index is 742. The Balaban J connectivity index is 2.75. The molecular weight excluding hydrogens is 341 g/mol. The molecule has 0 bridgehead atoms. The molecule has 0 saturated carbocycles. The monoisotopic (exact) mass is 355 g/mol. The van der Waals surface area contributed by atoms with Crippen LogP contribution in [0.1, 0.15) is 21.5 Å². The Kier molecular flexibility index (Phi) is 5.34. The predicted molar refractivity (Wildman–Crippen MR) is 88.5 cm³/mol. The number of benzene rings is 1. The van der Waals surface area contributed by atoms with Crippen LogP contribution in [0, 0.1) is 6.92 Å². The molecule has 2 aromatic rings. The van der Waals surface area contributed by atoms with Crippen molar-refractivity contribution in [2.45, 2.75) is 6.92 Å². The Hall–Kier alpha value is -1.98. The minimum absolute atomic E-state index is 0.164. The van der Waals surface area contributed by atoms with Crippen LogP contribution in [0.4, 0.5) is 0 Å². The number of nitrogens with zero attached hydrogens (tertiary/aromatic N) is 1. The maximum absolute atomic E-state index is 13.0. The van der Waals surface area contributed by atoms with E-state index in [4.69, 9.17) is 37.4 Å². The fourth-order valence-electron chi connectivity index (χ4n) is 2.31. The third-order valence-corrected chi connectivity index (χ3v) is 3.91. The molecule has 0 aliphatic heterocycles. The van der Waals surface area contributed by atoms with Gasteiger partial charge >= 0.3 is 0 Å². The summed E-state index contributed by atoms with van der Waals surface area (Å²) in [5, 5.41) is 0.331. The summed E-state index contributed by atoms with van der Waals surface area (Å²) in [6.07, 6.45) is 2.73. The van der Waals surface area contributed by atoms with Gasteiger partial charge in [-0.2, -0.15) is 0 Å². The maximum atomic E-state index is 13.0. The smallest absolute Gasteiger partial charge is 0.204 e. The van der Waals surface area contributed by atoms with Gasteiger partial charge in [-0.05, 0) is 18.6 Å². The van der Waals surface area contributed by atoms with Gasteiger partial charge in [-0.3, -0.25) is 9.78 Å². The summed E-state index contributed by atoms with van der Waals surface area (Å²) in [5.41, 5.74) is 1.12. The third-order valence-electron chi connectivity index (χ3n) is 3.33. The molecule has 1 heterocycles. The molecule has 1 aromatic carbocycles. The van der Waals surface area contributed by atoms with Gasteiger partial charge in [-0.1, -0.05) is 23.2 Å². The Morgan fingerprint density at radius 1 is 0.957 bits per heavy atom. The average Bonchev–Trinajstić information content (AvgIpc) is 2.53. The molecule has 0 atom stereocenters. The number of ether oxygens (including phenoxy) is 3. The normalized spacial score (nSPS) is 10.3. The fraction of sp³-hybridized carbons (Fsp3) is 0.250. The van der Waals surface area contributed by atoms with E-state index in [1.807, 2.05) is 0 Å². The number of pyridine rings is 1. The summed E-state index contributed by atoms with van der Waals surface area (Å²) in [4.78, 5) is 16.8. The number of rotatable bonds is 5. The lowest BCUT2D eigenvalue weighted by Gasteiger charge is -2.18. The van der Waals surface area contributed by atoms with Crippen LogP contribution in [0.25, 0.3) is 0 Å². The number of aryl methyl sites for hydroxylation is 1. The predicted octanol–water partition coefficient (Wildman–Crippen LogP) is 3.95. The van der Waals surface area contributed by atoms with Crippen molar-refractivity contribution < 1.29 is 19.0 Å². The number of aromatic nitrogens is 1. The first-order valence-corrected chi connectivity index (χ1v) is 7.35. The number of carbonyl (C=O) groups is 1. The van der Waals surface area contributed by atoms with E-state index in [9.17, 15) is 4.79 Å². The van der Waals surface area contributed by atoms with Gasteiger partial charge in [-0.15, -0.1) is 0 Å². The van der Waals surface area contributed by atoms with Gasteiger partial charge in [-0.25, -0.2) is 0 Å². The zero-order chi connectivity index (χ0) is 17.1. The number of methoxy groups -OCH3 is 3. The van der Waals surface area contributed by atoms with E-state index in [1.165, 1.54) is 33.7 Å². The van der Waals surface area contributed by atoms with Crippen molar-refractivity contribution in [3.05, 3.63) is 45.2 Å². The third kappa shape index (κ3) is 3.07. The second-order valence-electron chi connectivity index (χ2n) is 4.64. The van der Waals surface area contributed by atoms with Gasteiger partial charge in [0.1, 0.15) is 0 Å². The second-order valence-corrected chi connectivity index (χ2v) is 5.46. The van der Waals surface area contributed by atoms with Crippen LogP contribution in [0.5, 0.6) is 17.2 Å². The number of ketones is 1. The van der Waals surface area contributed by atoms with Gasteiger partial charge in [0.15, 0.2) is 17.3 Å². The summed E-state index contributed by atoms with van der Waals surface area (Å²) in [7, 11) is 4.43. The Morgan fingerprint density at radius 2 is 1.52 bits per heavy atom. The van der Waals surface area contributed by atoms with Crippen LogP contribution >= 0.6 is 23.2 Å². The van der Waals surface area contributed by atoms with E-state index in [0.29, 0.717) is 22.6 Å². The molecule has 5 nitrogen and oxygen atoms in total. The molecule has 0 unspecified atom stereocenters. The lowest BCUT2D eigenvalue weighted by molar-refractivity contribution is 0.103. The Labute approximate surface area is 144 Å². The van der Waals surface area contributed by atoms with E-state index in [2.05, 4.69) is 4.98 Å². The minimum Gasteiger partial charge on any atom is -0.493 e. The highest BCUT2D eigenvalue weighted by atomic mass is 35.5. The molecule has 2 rings (SSSR count). The number of hydrogen-bond acceptors (Lipinski definition) is 5. The van der Waals surface area contributed by atoms with E-state index in [1.54, 1.807) is 13.0 Å². The van der Waals surface area contributed by atoms with Crippen LogP contribution in [-0.2, 0) is 0 Å². The highest BCUT2D eigenvalue weighted by molar-refractivity contribution is 6.41. The molecule has 0 saturated heterocycles. The summed E-state index contributed by atoms with van der Waals surface area (Å²) >= 11 is 12.2. The SMILES string of the molecule is COc1cc(C)c(C(=O)c2c(Cl)cncc2Cl)c(OC)c1OC. The zero-order valence-electron chi connectivity index (χ0n) is 13.1. The van der Waals surface area contributed by atoms with Crippen molar-refractivity contribution in [2.24, 2.45) is 0 Å². The molecule has 0 fully saturated rings. The van der Waals surface area contributed by atoms with Crippen LogP contribution in [0.2, 0.25) is 10.0 Å².